The summed E-state index contributed by atoms with van der Waals surface area (Å²) in [4.78, 5) is 0. The third-order valence-electron chi connectivity index (χ3n) is 2.73. The van der Waals surface area contributed by atoms with Crippen LogP contribution in [0.5, 0.6) is 5.75 Å². The fourth-order valence-corrected chi connectivity index (χ4v) is 1.81. The standard InChI is InChI=1S/C14H17NO2/c1-14(2,3)11-9-10(5-6-13(11)16-4)12-7-8-15-17-12/h5-9H,1-4H3. The quantitative estimate of drug-likeness (QED) is 0.791. The monoisotopic (exact) mass is 231 g/mol. The molecule has 0 spiro atoms. The molecule has 0 bridgehead atoms. The lowest BCUT2D eigenvalue weighted by Gasteiger charge is -2.22. The second kappa shape index (κ2) is 4.24. The normalized spacial score (nSPS) is 11.5. The van der Waals surface area contributed by atoms with Gasteiger partial charge in [0.2, 0.25) is 0 Å². The highest BCUT2D eigenvalue weighted by atomic mass is 16.5. The minimum Gasteiger partial charge on any atom is -0.496 e. The molecule has 0 atom stereocenters. The summed E-state index contributed by atoms with van der Waals surface area (Å²) in [6.07, 6.45) is 1.65. The van der Waals surface area contributed by atoms with Gasteiger partial charge in [0.15, 0.2) is 5.76 Å². The third-order valence-corrected chi connectivity index (χ3v) is 2.73. The molecule has 0 aliphatic carbocycles. The van der Waals surface area contributed by atoms with Gasteiger partial charge in [-0.2, -0.15) is 0 Å². The zero-order valence-corrected chi connectivity index (χ0v) is 10.7. The molecule has 17 heavy (non-hydrogen) atoms. The number of hydrogen-bond acceptors (Lipinski definition) is 3. The summed E-state index contributed by atoms with van der Waals surface area (Å²) in [5.74, 6) is 1.68. The van der Waals surface area contributed by atoms with Crippen LogP contribution in [0.1, 0.15) is 26.3 Å². The van der Waals surface area contributed by atoms with Crippen LogP contribution < -0.4 is 4.74 Å². The van der Waals surface area contributed by atoms with Crippen molar-refractivity contribution in [2.24, 2.45) is 0 Å². The Morgan fingerprint density at radius 3 is 2.47 bits per heavy atom. The van der Waals surface area contributed by atoms with Gasteiger partial charge in [0.1, 0.15) is 5.75 Å². The number of methoxy groups -OCH3 is 1. The largest absolute Gasteiger partial charge is 0.496 e. The van der Waals surface area contributed by atoms with Crippen LogP contribution in [0.15, 0.2) is 35.0 Å². The molecule has 1 heterocycles. The molecule has 0 fully saturated rings. The first-order valence-electron chi connectivity index (χ1n) is 5.62. The van der Waals surface area contributed by atoms with Gasteiger partial charge in [-0.25, -0.2) is 0 Å². The molecular formula is C14H17NO2. The molecule has 0 unspecified atom stereocenters. The van der Waals surface area contributed by atoms with Crippen molar-refractivity contribution in [3.05, 3.63) is 36.0 Å². The predicted octanol–water partition coefficient (Wildman–Crippen LogP) is 3.65. The topological polar surface area (TPSA) is 35.3 Å². The van der Waals surface area contributed by atoms with Gasteiger partial charge in [-0.05, 0) is 23.6 Å². The van der Waals surface area contributed by atoms with Crippen molar-refractivity contribution in [1.82, 2.24) is 5.16 Å². The van der Waals surface area contributed by atoms with Crippen molar-refractivity contribution < 1.29 is 9.26 Å². The lowest BCUT2D eigenvalue weighted by atomic mass is 9.85. The van der Waals surface area contributed by atoms with E-state index in [1.54, 1.807) is 13.3 Å². The zero-order valence-electron chi connectivity index (χ0n) is 10.7. The Hall–Kier alpha value is -1.77. The lowest BCUT2D eigenvalue weighted by Crippen LogP contribution is -2.12. The summed E-state index contributed by atoms with van der Waals surface area (Å²) >= 11 is 0. The van der Waals surface area contributed by atoms with Gasteiger partial charge >= 0.3 is 0 Å². The second-order valence-corrected chi connectivity index (χ2v) is 5.04. The van der Waals surface area contributed by atoms with Gasteiger partial charge < -0.3 is 9.26 Å². The van der Waals surface area contributed by atoms with Gasteiger partial charge in [0.25, 0.3) is 0 Å². The van der Waals surface area contributed by atoms with Gasteiger partial charge in [-0.15, -0.1) is 0 Å². The maximum absolute atomic E-state index is 5.40. The Labute approximate surface area is 101 Å². The average molecular weight is 231 g/mol. The second-order valence-electron chi connectivity index (χ2n) is 5.04. The SMILES string of the molecule is COc1ccc(-c2ccno2)cc1C(C)(C)C. The molecule has 2 rings (SSSR count). The summed E-state index contributed by atoms with van der Waals surface area (Å²) in [6, 6.07) is 7.90. The third kappa shape index (κ3) is 2.33. The Morgan fingerprint density at radius 1 is 1.18 bits per heavy atom. The van der Waals surface area contributed by atoms with E-state index >= 15 is 0 Å². The summed E-state index contributed by atoms with van der Waals surface area (Å²) in [5, 5.41) is 3.73. The Bertz CT molecular complexity index is 495. The molecule has 1 aromatic carbocycles. The number of nitrogens with zero attached hydrogens (tertiary/aromatic N) is 1. The smallest absolute Gasteiger partial charge is 0.166 e. The van der Waals surface area contributed by atoms with Crippen LogP contribution in [0.2, 0.25) is 0 Å². The van der Waals surface area contributed by atoms with Crippen molar-refractivity contribution in [3.63, 3.8) is 0 Å². The predicted molar refractivity (Wildman–Crippen MR) is 67.2 cm³/mol. The van der Waals surface area contributed by atoms with Crippen LogP contribution in [-0.2, 0) is 5.41 Å². The van der Waals surface area contributed by atoms with Crippen LogP contribution in [0.4, 0.5) is 0 Å². The molecule has 0 saturated carbocycles. The fourth-order valence-electron chi connectivity index (χ4n) is 1.81. The molecule has 0 aliphatic heterocycles. The van der Waals surface area contributed by atoms with Crippen molar-refractivity contribution in [2.75, 3.05) is 7.11 Å². The molecule has 2 aromatic rings. The van der Waals surface area contributed by atoms with Crippen LogP contribution in [0.25, 0.3) is 11.3 Å². The van der Waals surface area contributed by atoms with E-state index in [4.69, 9.17) is 9.26 Å². The molecule has 0 amide bonds. The Balaban J connectivity index is 2.53. The summed E-state index contributed by atoms with van der Waals surface area (Å²) in [5.41, 5.74) is 2.21. The number of rotatable bonds is 2. The highest BCUT2D eigenvalue weighted by Gasteiger charge is 2.20. The molecule has 0 saturated heterocycles. The average Bonchev–Trinajstić information content (AvgIpc) is 2.80. The van der Waals surface area contributed by atoms with E-state index in [-0.39, 0.29) is 5.41 Å². The highest BCUT2D eigenvalue weighted by molar-refractivity contribution is 5.61. The minimum atomic E-state index is 0.0291. The first-order chi connectivity index (χ1) is 8.02. The van der Waals surface area contributed by atoms with Crippen LogP contribution in [0, 0.1) is 0 Å². The molecule has 0 radical (unpaired) electrons. The number of benzene rings is 1. The Kier molecular flexibility index (Phi) is 2.92. The van der Waals surface area contributed by atoms with Crippen molar-refractivity contribution >= 4 is 0 Å². The van der Waals surface area contributed by atoms with Crippen molar-refractivity contribution in [1.29, 1.82) is 0 Å². The van der Waals surface area contributed by atoms with E-state index in [2.05, 4.69) is 32.0 Å². The number of ether oxygens (including phenoxy) is 1. The maximum atomic E-state index is 5.40. The summed E-state index contributed by atoms with van der Waals surface area (Å²) in [7, 11) is 1.69. The zero-order chi connectivity index (χ0) is 12.5. The van der Waals surface area contributed by atoms with E-state index in [9.17, 15) is 0 Å². The highest BCUT2D eigenvalue weighted by Crippen LogP contribution is 2.34. The van der Waals surface area contributed by atoms with Gasteiger partial charge in [-0.1, -0.05) is 25.9 Å². The van der Waals surface area contributed by atoms with Crippen LogP contribution in [-0.4, -0.2) is 12.3 Å². The van der Waals surface area contributed by atoms with E-state index in [1.807, 2.05) is 18.2 Å². The molecule has 0 aliphatic rings. The van der Waals surface area contributed by atoms with Crippen molar-refractivity contribution in [2.45, 2.75) is 26.2 Å². The fraction of sp³-hybridized carbons (Fsp3) is 0.357. The van der Waals surface area contributed by atoms with Crippen LogP contribution >= 0.6 is 0 Å². The molecular weight excluding hydrogens is 214 g/mol. The van der Waals surface area contributed by atoms with Crippen molar-refractivity contribution in [3.8, 4) is 17.1 Å². The maximum Gasteiger partial charge on any atom is 0.166 e. The first kappa shape index (κ1) is 11.7. The number of aromatic nitrogens is 1. The van der Waals surface area contributed by atoms with E-state index in [0.29, 0.717) is 0 Å². The molecule has 1 aromatic heterocycles. The van der Waals surface area contributed by atoms with E-state index < -0.39 is 0 Å². The molecule has 3 nitrogen and oxygen atoms in total. The van der Waals surface area contributed by atoms with Crippen LogP contribution in [0.3, 0.4) is 0 Å². The van der Waals surface area contributed by atoms with Gasteiger partial charge in [0.05, 0.1) is 13.3 Å². The number of hydrogen-bond donors (Lipinski definition) is 0. The summed E-state index contributed by atoms with van der Waals surface area (Å²) in [6.45, 7) is 6.49. The Morgan fingerprint density at radius 2 is 1.94 bits per heavy atom. The van der Waals surface area contributed by atoms with E-state index in [1.165, 1.54) is 0 Å². The lowest BCUT2D eigenvalue weighted by molar-refractivity contribution is 0.397. The molecule has 90 valence electrons. The molecule has 3 heteroatoms. The molecule has 0 N–H and O–H groups in total. The van der Waals surface area contributed by atoms with Gasteiger partial charge in [0, 0.05) is 17.2 Å². The van der Waals surface area contributed by atoms with Gasteiger partial charge in [-0.3, -0.25) is 0 Å². The van der Waals surface area contributed by atoms with E-state index in [0.717, 1.165) is 22.6 Å². The first-order valence-corrected chi connectivity index (χ1v) is 5.62. The minimum absolute atomic E-state index is 0.0291. The summed E-state index contributed by atoms with van der Waals surface area (Å²) < 4.78 is 10.6.